The number of hydrogen-bond donors (Lipinski definition) is 2. The Morgan fingerprint density at radius 3 is 2.45 bits per heavy atom. The molecule has 20 heavy (non-hydrogen) atoms. The zero-order valence-electron chi connectivity index (χ0n) is 12.1. The first-order valence-corrected chi connectivity index (χ1v) is 6.68. The summed E-state index contributed by atoms with van der Waals surface area (Å²) in [6.45, 7) is 6.23. The fourth-order valence-corrected chi connectivity index (χ4v) is 2.23. The van der Waals surface area contributed by atoms with Crippen LogP contribution in [0.3, 0.4) is 0 Å². The van der Waals surface area contributed by atoms with Crippen LogP contribution in [0.25, 0.3) is 0 Å². The van der Waals surface area contributed by atoms with Crippen LogP contribution in [0.1, 0.15) is 46.0 Å². The summed E-state index contributed by atoms with van der Waals surface area (Å²) in [6, 6.07) is 9.18. The summed E-state index contributed by atoms with van der Waals surface area (Å²) in [5.74, 6) is 1.60. The van der Waals surface area contributed by atoms with E-state index in [1.165, 1.54) is 0 Å². The molecule has 1 atom stereocenters. The number of carbonyl (C=O) groups is 1. The molecule has 1 amide bonds. The lowest BCUT2D eigenvalue weighted by Gasteiger charge is -2.13. The van der Waals surface area contributed by atoms with E-state index < -0.39 is 0 Å². The van der Waals surface area contributed by atoms with Crippen molar-refractivity contribution >= 4 is 5.91 Å². The van der Waals surface area contributed by atoms with Gasteiger partial charge in [-0.25, -0.2) is 0 Å². The second kappa shape index (κ2) is 5.92. The van der Waals surface area contributed by atoms with Crippen LogP contribution in [0.2, 0.25) is 0 Å². The Morgan fingerprint density at radius 2 is 1.95 bits per heavy atom. The molecule has 2 rings (SSSR count). The molecule has 0 fully saturated rings. The Bertz CT molecular complexity index is 599. The fourth-order valence-electron chi connectivity index (χ4n) is 2.23. The van der Waals surface area contributed by atoms with Crippen molar-refractivity contribution in [3.8, 4) is 0 Å². The third kappa shape index (κ3) is 3.08. The van der Waals surface area contributed by atoms with Crippen molar-refractivity contribution in [2.75, 3.05) is 0 Å². The standard InChI is InChI=1S/C16H20N2O2/c1-10-8-15(12(3)20-10)11(2)18-16(19)14-6-4-13(9-17)5-7-14/h4-8,11H,9,17H2,1-3H3,(H,18,19). The largest absolute Gasteiger partial charge is 0.466 e. The SMILES string of the molecule is Cc1cc(C(C)NC(=O)c2ccc(CN)cc2)c(C)o1. The normalized spacial score (nSPS) is 12.2. The summed E-state index contributed by atoms with van der Waals surface area (Å²) in [7, 11) is 0. The average Bonchev–Trinajstić information content (AvgIpc) is 2.78. The lowest BCUT2D eigenvalue weighted by atomic mass is 10.1. The lowest BCUT2D eigenvalue weighted by Crippen LogP contribution is -2.26. The van der Waals surface area contributed by atoms with E-state index in [1.54, 1.807) is 12.1 Å². The van der Waals surface area contributed by atoms with Crippen LogP contribution < -0.4 is 11.1 Å². The molecule has 4 heteroatoms. The molecular formula is C16H20N2O2. The smallest absolute Gasteiger partial charge is 0.251 e. The van der Waals surface area contributed by atoms with E-state index in [-0.39, 0.29) is 11.9 Å². The molecule has 0 aliphatic rings. The van der Waals surface area contributed by atoms with E-state index in [0.29, 0.717) is 12.1 Å². The van der Waals surface area contributed by atoms with E-state index in [9.17, 15) is 4.79 Å². The van der Waals surface area contributed by atoms with Crippen molar-refractivity contribution in [2.45, 2.75) is 33.4 Å². The van der Waals surface area contributed by atoms with Crippen LogP contribution in [0.4, 0.5) is 0 Å². The van der Waals surface area contributed by atoms with E-state index in [4.69, 9.17) is 10.2 Å². The summed E-state index contributed by atoms with van der Waals surface area (Å²) in [6.07, 6.45) is 0. The number of carbonyl (C=O) groups excluding carboxylic acids is 1. The van der Waals surface area contributed by atoms with Crippen LogP contribution in [0.15, 0.2) is 34.7 Å². The molecule has 3 N–H and O–H groups in total. The van der Waals surface area contributed by atoms with Gasteiger partial charge in [0, 0.05) is 17.7 Å². The van der Waals surface area contributed by atoms with Crippen molar-refractivity contribution in [1.82, 2.24) is 5.32 Å². The van der Waals surface area contributed by atoms with E-state index in [0.717, 1.165) is 22.6 Å². The third-order valence-electron chi connectivity index (χ3n) is 3.35. The molecule has 1 unspecified atom stereocenters. The van der Waals surface area contributed by atoms with Gasteiger partial charge in [0.05, 0.1) is 6.04 Å². The molecular weight excluding hydrogens is 252 g/mol. The number of benzene rings is 1. The van der Waals surface area contributed by atoms with Gasteiger partial charge in [-0.3, -0.25) is 4.79 Å². The van der Waals surface area contributed by atoms with E-state index >= 15 is 0 Å². The highest BCUT2D eigenvalue weighted by Gasteiger charge is 2.15. The minimum atomic E-state index is -0.0978. The zero-order chi connectivity index (χ0) is 14.7. The van der Waals surface area contributed by atoms with Crippen molar-refractivity contribution in [2.24, 2.45) is 5.73 Å². The molecule has 0 radical (unpaired) electrons. The lowest BCUT2D eigenvalue weighted by molar-refractivity contribution is 0.0939. The van der Waals surface area contributed by atoms with Gasteiger partial charge in [0.2, 0.25) is 0 Å². The molecule has 1 aromatic carbocycles. The van der Waals surface area contributed by atoms with E-state index in [1.807, 2.05) is 39.0 Å². The van der Waals surface area contributed by atoms with Gasteiger partial charge in [-0.1, -0.05) is 12.1 Å². The number of nitrogens with one attached hydrogen (secondary N) is 1. The molecule has 1 heterocycles. The van der Waals surface area contributed by atoms with Gasteiger partial charge >= 0.3 is 0 Å². The minimum absolute atomic E-state index is 0.0888. The quantitative estimate of drug-likeness (QED) is 0.899. The van der Waals surface area contributed by atoms with Crippen molar-refractivity contribution < 1.29 is 9.21 Å². The number of hydrogen-bond acceptors (Lipinski definition) is 3. The molecule has 0 aliphatic heterocycles. The Balaban J connectivity index is 2.08. The fraction of sp³-hybridized carbons (Fsp3) is 0.312. The zero-order valence-corrected chi connectivity index (χ0v) is 12.1. The van der Waals surface area contributed by atoms with Gasteiger partial charge in [-0.15, -0.1) is 0 Å². The maximum Gasteiger partial charge on any atom is 0.251 e. The molecule has 2 aromatic rings. The third-order valence-corrected chi connectivity index (χ3v) is 3.35. The number of rotatable bonds is 4. The van der Waals surface area contributed by atoms with Gasteiger partial charge in [0.25, 0.3) is 5.91 Å². The predicted octanol–water partition coefficient (Wildman–Crippen LogP) is 2.85. The monoisotopic (exact) mass is 272 g/mol. The van der Waals surface area contributed by atoms with Crippen LogP contribution in [-0.4, -0.2) is 5.91 Å². The van der Waals surface area contributed by atoms with Gasteiger partial charge in [-0.05, 0) is 44.5 Å². The molecule has 0 bridgehead atoms. The highest BCUT2D eigenvalue weighted by Crippen LogP contribution is 2.21. The van der Waals surface area contributed by atoms with Crippen LogP contribution in [0, 0.1) is 13.8 Å². The summed E-state index contributed by atoms with van der Waals surface area (Å²) in [4.78, 5) is 12.2. The van der Waals surface area contributed by atoms with Crippen molar-refractivity contribution in [1.29, 1.82) is 0 Å². The topological polar surface area (TPSA) is 68.3 Å². The van der Waals surface area contributed by atoms with Gasteiger partial charge in [-0.2, -0.15) is 0 Å². The minimum Gasteiger partial charge on any atom is -0.466 e. The first-order valence-electron chi connectivity index (χ1n) is 6.68. The molecule has 0 spiro atoms. The highest BCUT2D eigenvalue weighted by molar-refractivity contribution is 5.94. The van der Waals surface area contributed by atoms with E-state index in [2.05, 4.69) is 5.32 Å². The predicted molar refractivity (Wildman–Crippen MR) is 78.4 cm³/mol. The molecule has 106 valence electrons. The summed E-state index contributed by atoms with van der Waals surface area (Å²) >= 11 is 0. The maximum absolute atomic E-state index is 12.2. The second-order valence-electron chi connectivity index (χ2n) is 4.96. The Morgan fingerprint density at radius 1 is 1.30 bits per heavy atom. The van der Waals surface area contributed by atoms with Gasteiger partial charge < -0.3 is 15.5 Å². The van der Waals surface area contributed by atoms with Crippen LogP contribution >= 0.6 is 0 Å². The Labute approximate surface area is 119 Å². The highest BCUT2D eigenvalue weighted by atomic mass is 16.3. The number of aryl methyl sites for hydroxylation is 2. The molecule has 1 aromatic heterocycles. The van der Waals surface area contributed by atoms with Crippen molar-refractivity contribution in [3.05, 3.63) is 58.5 Å². The van der Waals surface area contributed by atoms with Gasteiger partial charge in [0.1, 0.15) is 11.5 Å². The summed E-state index contributed by atoms with van der Waals surface area (Å²) in [5.41, 5.74) is 8.19. The second-order valence-corrected chi connectivity index (χ2v) is 4.96. The first kappa shape index (κ1) is 14.3. The number of furan rings is 1. The molecule has 0 saturated carbocycles. The molecule has 0 saturated heterocycles. The maximum atomic E-state index is 12.2. The Kier molecular flexibility index (Phi) is 4.25. The summed E-state index contributed by atoms with van der Waals surface area (Å²) < 4.78 is 5.49. The van der Waals surface area contributed by atoms with Gasteiger partial charge in [0.15, 0.2) is 0 Å². The van der Waals surface area contributed by atoms with Crippen LogP contribution in [0.5, 0.6) is 0 Å². The van der Waals surface area contributed by atoms with Crippen LogP contribution in [-0.2, 0) is 6.54 Å². The molecule has 0 aliphatic carbocycles. The number of amides is 1. The number of nitrogens with two attached hydrogens (primary N) is 1. The average molecular weight is 272 g/mol. The Hall–Kier alpha value is -2.07. The molecule has 4 nitrogen and oxygen atoms in total. The summed E-state index contributed by atoms with van der Waals surface area (Å²) in [5, 5.41) is 2.97. The van der Waals surface area contributed by atoms with Crippen molar-refractivity contribution in [3.63, 3.8) is 0 Å². The first-order chi connectivity index (χ1) is 9.51.